The van der Waals surface area contributed by atoms with Gasteiger partial charge in [0.2, 0.25) is 0 Å². The fourth-order valence-corrected chi connectivity index (χ4v) is 2.56. The lowest BCUT2D eigenvalue weighted by Gasteiger charge is -2.09. The molecule has 0 bridgehead atoms. The third-order valence-corrected chi connectivity index (χ3v) is 3.52. The molecule has 0 atom stereocenters. The first-order valence-corrected chi connectivity index (χ1v) is 6.61. The zero-order valence-electron chi connectivity index (χ0n) is 10.6. The third kappa shape index (κ3) is 1.73. The largest absolute Gasteiger partial charge is 0.268 e. The quantitative estimate of drug-likeness (QED) is 0.539. The highest BCUT2D eigenvalue weighted by Crippen LogP contribution is 2.17. The minimum Gasteiger partial charge on any atom is -0.268 e. The Hall–Kier alpha value is -2.73. The van der Waals surface area contributed by atoms with Crippen LogP contribution in [0.4, 0.5) is 0 Å². The molecule has 6 nitrogen and oxygen atoms in total. The number of aromatic nitrogens is 5. The molecule has 4 rings (SSSR count). The van der Waals surface area contributed by atoms with Crippen LogP contribution in [0.15, 0.2) is 53.3 Å². The summed E-state index contributed by atoms with van der Waals surface area (Å²) in [5.41, 5.74) is 1.11. The fraction of sp³-hybridized carbons (Fsp3) is 0. The second-order valence-electron chi connectivity index (χ2n) is 4.53. The minimum atomic E-state index is -0.185. The molecule has 102 valence electrons. The first-order valence-electron chi connectivity index (χ1n) is 6.23. The molecule has 0 saturated heterocycles. The highest BCUT2D eigenvalue weighted by Gasteiger charge is 2.14. The van der Waals surface area contributed by atoms with Gasteiger partial charge in [-0.15, -0.1) is 0 Å². The number of rotatable bonds is 1. The van der Waals surface area contributed by atoms with E-state index in [4.69, 9.17) is 11.6 Å². The lowest BCUT2D eigenvalue weighted by molar-refractivity contribution is 0.836. The van der Waals surface area contributed by atoms with Crippen LogP contribution in [0.3, 0.4) is 0 Å². The molecule has 0 aliphatic rings. The summed E-state index contributed by atoms with van der Waals surface area (Å²) >= 11 is 6.02. The van der Waals surface area contributed by atoms with Crippen LogP contribution >= 0.6 is 11.6 Å². The Morgan fingerprint density at radius 3 is 2.76 bits per heavy atom. The summed E-state index contributed by atoms with van der Waals surface area (Å²) in [6.45, 7) is 0. The van der Waals surface area contributed by atoms with Crippen LogP contribution in [0.25, 0.3) is 22.4 Å². The normalized spacial score (nSPS) is 11.3. The standard InChI is InChI=1S/C14H8ClN5O/c15-9-4-3-5-10(8-9)19-13(21)11-6-1-2-7-12(11)20-14(19)16-17-18-20/h1-8H. The molecule has 21 heavy (non-hydrogen) atoms. The highest BCUT2D eigenvalue weighted by atomic mass is 35.5. The number of tetrazole rings is 1. The van der Waals surface area contributed by atoms with Crippen molar-refractivity contribution in [2.24, 2.45) is 0 Å². The topological polar surface area (TPSA) is 65.1 Å². The average molecular weight is 298 g/mol. The Kier molecular flexibility index (Phi) is 2.52. The van der Waals surface area contributed by atoms with E-state index in [-0.39, 0.29) is 5.56 Å². The molecular weight excluding hydrogens is 290 g/mol. The molecule has 0 aliphatic heterocycles. The number of fused-ring (bicyclic) bond motifs is 3. The maximum absolute atomic E-state index is 12.8. The van der Waals surface area contributed by atoms with Crippen LogP contribution in [0.1, 0.15) is 0 Å². The molecule has 0 saturated carbocycles. The van der Waals surface area contributed by atoms with Gasteiger partial charge in [-0.2, -0.15) is 4.52 Å². The van der Waals surface area contributed by atoms with E-state index in [0.717, 1.165) is 0 Å². The second-order valence-corrected chi connectivity index (χ2v) is 4.96. The summed E-state index contributed by atoms with van der Waals surface area (Å²) in [5, 5.41) is 12.7. The molecule has 2 aromatic carbocycles. The summed E-state index contributed by atoms with van der Waals surface area (Å²) in [6, 6.07) is 14.2. The first-order chi connectivity index (χ1) is 10.3. The van der Waals surface area contributed by atoms with Gasteiger partial charge in [-0.05, 0) is 40.8 Å². The number of benzene rings is 2. The summed E-state index contributed by atoms with van der Waals surface area (Å²) < 4.78 is 2.99. The Bertz CT molecular complexity index is 1040. The number of hydrogen-bond acceptors (Lipinski definition) is 4. The maximum atomic E-state index is 12.8. The van der Waals surface area contributed by atoms with Crippen molar-refractivity contribution in [1.82, 2.24) is 24.6 Å². The van der Waals surface area contributed by atoms with E-state index in [9.17, 15) is 4.79 Å². The van der Waals surface area contributed by atoms with Gasteiger partial charge >= 0.3 is 0 Å². The average Bonchev–Trinajstić information content (AvgIpc) is 2.97. The molecule has 0 fully saturated rings. The smallest absolute Gasteiger partial charge is 0.267 e. The minimum absolute atomic E-state index is 0.185. The molecule has 0 N–H and O–H groups in total. The Morgan fingerprint density at radius 1 is 1.05 bits per heavy atom. The van der Waals surface area contributed by atoms with Gasteiger partial charge in [0, 0.05) is 5.02 Å². The van der Waals surface area contributed by atoms with Crippen LogP contribution in [0.5, 0.6) is 0 Å². The first kappa shape index (κ1) is 12.0. The van der Waals surface area contributed by atoms with Crippen LogP contribution in [0.2, 0.25) is 5.02 Å². The molecule has 0 aliphatic carbocycles. The summed E-state index contributed by atoms with van der Waals surface area (Å²) in [6.07, 6.45) is 0. The van der Waals surface area contributed by atoms with Crippen molar-refractivity contribution >= 4 is 28.3 Å². The van der Waals surface area contributed by atoms with E-state index in [1.807, 2.05) is 18.2 Å². The van der Waals surface area contributed by atoms with Crippen molar-refractivity contribution in [3.8, 4) is 5.69 Å². The predicted molar refractivity (Wildman–Crippen MR) is 78.9 cm³/mol. The van der Waals surface area contributed by atoms with Crippen LogP contribution in [0, 0.1) is 0 Å². The Morgan fingerprint density at radius 2 is 1.90 bits per heavy atom. The van der Waals surface area contributed by atoms with Crippen molar-refractivity contribution < 1.29 is 0 Å². The van der Waals surface area contributed by atoms with Gasteiger partial charge in [0.05, 0.1) is 16.6 Å². The highest BCUT2D eigenvalue weighted by molar-refractivity contribution is 6.30. The molecule has 0 radical (unpaired) electrons. The molecule has 2 heterocycles. The number of hydrogen-bond donors (Lipinski definition) is 0. The number of halogens is 1. The van der Waals surface area contributed by atoms with Crippen molar-refractivity contribution in [2.75, 3.05) is 0 Å². The zero-order valence-corrected chi connectivity index (χ0v) is 11.4. The predicted octanol–water partition coefficient (Wildman–Crippen LogP) is 2.08. The van der Waals surface area contributed by atoms with Gasteiger partial charge in [-0.25, -0.2) is 4.57 Å². The molecule has 0 amide bonds. The van der Waals surface area contributed by atoms with E-state index in [1.165, 1.54) is 9.08 Å². The second kappa shape index (κ2) is 4.39. The van der Waals surface area contributed by atoms with Crippen LogP contribution in [-0.4, -0.2) is 24.6 Å². The van der Waals surface area contributed by atoms with E-state index >= 15 is 0 Å². The van der Waals surface area contributed by atoms with Crippen molar-refractivity contribution in [1.29, 1.82) is 0 Å². The Labute approximate surface area is 123 Å². The SMILES string of the molecule is O=c1c2ccccc2n2nnnc2n1-c1cccc(Cl)c1. The summed E-state index contributed by atoms with van der Waals surface area (Å²) in [4.78, 5) is 12.8. The van der Waals surface area contributed by atoms with Gasteiger partial charge in [0.25, 0.3) is 11.3 Å². The fourth-order valence-electron chi connectivity index (χ4n) is 2.38. The lowest BCUT2D eigenvalue weighted by Crippen LogP contribution is -2.21. The number of nitrogens with zero attached hydrogens (tertiary/aromatic N) is 5. The molecule has 0 spiro atoms. The van der Waals surface area contributed by atoms with Crippen molar-refractivity contribution in [2.45, 2.75) is 0 Å². The zero-order chi connectivity index (χ0) is 14.4. The van der Waals surface area contributed by atoms with Crippen molar-refractivity contribution in [3.05, 3.63) is 63.9 Å². The molecule has 4 aromatic rings. The molecule has 0 unspecified atom stereocenters. The third-order valence-electron chi connectivity index (χ3n) is 3.29. The van der Waals surface area contributed by atoms with E-state index in [1.54, 1.807) is 30.3 Å². The lowest BCUT2D eigenvalue weighted by atomic mass is 10.2. The van der Waals surface area contributed by atoms with E-state index in [2.05, 4.69) is 15.5 Å². The number of para-hydroxylation sites is 1. The van der Waals surface area contributed by atoms with Gasteiger partial charge in [-0.3, -0.25) is 4.79 Å². The van der Waals surface area contributed by atoms with Gasteiger partial charge in [0.15, 0.2) is 0 Å². The van der Waals surface area contributed by atoms with Gasteiger partial charge in [0.1, 0.15) is 0 Å². The van der Waals surface area contributed by atoms with Crippen molar-refractivity contribution in [3.63, 3.8) is 0 Å². The van der Waals surface area contributed by atoms with Gasteiger partial charge in [-0.1, -0.05) is 34.9 Å². The molecule has 7 heteroatoms. The summed E-state index contributed by atoms with van der Waals surface area (Å²) in [7, 11) is 0. The molecular formula is C14H8ClN5O. The Balaban J connectivity index is 2.24. The molecule has 2 aromatic heterocycles. The van der Waals surface area contributed by atoms with Gasteiger partial charge < -0.3 is 0 Å². The summed E-state index contributed by atoms with van der Waals surface area (Å²) in [5.74, 6) is 0.348. The van der Waals surface area contributed by atoms with Crippen LogP contribution < -0.4 is 5.56 Å². The van der Waals surface area contributed by atoms with Crippen LogP contribution in [-0.2, 0) is 0 Å². The van der Waals surface area contributed by atoms with E-state index in [0.29, 0.717) is 27.4 Å². The maximum Gasteiger partial charge on any atom is 0.267 e. The van der Waals surface area contributed by atoms with E-state index < -0.39 is 0 Å². The monoisotopic (exact) mass is 297 g/mol.